The monoisotopic (exact) mass is 253 g/mol. The minimum Gasteiger partial charge on any atom is -0.498 e. The molecule has 69 valence electrons. The molecule has 0 saturated carbocycles. The molecule has 3 radical (unpaired) electrons. The van der Waals surface area contributed by atoms with Gasteiger partial charge in [0.2, 0.25) is 0 Å². The maximum Gasteiger partial charge on any atom is 1.00 e. The third-order valence-corrected chi connectivity index (χ3v) is 1.19. The van der Waals surface area contributed by atoms with Crippen molar-refractivity contribution in [3.8, 4) is 0 Å². The standard InChI is InChI=1S/C6H10B2O2.2CH4.Rb/c1-3-5(2)6(9)10-4-8-7;;;/h3-4H2,1-2H3;2*1H4;/q-1;;;+1. The number of rotatable bonds is 4. The summed E-state index contributed by atoms with van der Waals surface area (Å²) in [5.74, 6) is 0.464. The molecule has 0 unspecified atom stereocenters. The van der Waals surface area contributed by atoms with Crippen LogP contribution in [-0.2, 0) is 9.53 Å². The Morgan fingerprint density at radius 2 is 2.00 bits per heavy atom. The van der Waals surface area contributed by atoms with E-state index in [-0.39, 0.29) is 85.5 Å². The molecule has 0 aliphatic rings. The second-order valence-corrected chi connectivity index (χ2v) is 1.97. The maximum absolute atomic E-state index is 10.8. The Bertz CT molecular complexity index is 112. The second kappa shape index (κ2) is 15.7. The topological polar surface area (TPSA) is 26.3 Å². The molecule has 0 aliphatic carbocycles. The van der Waals surface area contributed by atoms with Crippen molar-refractivity contribution in [3.05, 3.63) is 5.92 Å². The van der Waals surface area contributed by atoms with E-state index in [0.29, 0.717) is 0 Å². The summed E-state index contributed by atoms with van der Waals surface area (Å²) in [6.07, 6.45) is 0.726. The average molecular weight is 253 g/mol. The summed E-state index contributed by atoms with van der Waals surface area (Å²) >= 11 is 0. The first-order chi connectivity index (χ1) is 4.72. The van der Waals surface area contributed by atoms with E-state index in [4.69, 9.17) is 7.74 Å². The van der Waals surface area contributed by atoms with Gasteiger partial charge >= 0.3 is 58.2 Å². The van der Waals surface area contributed by atoms with Gasteiger partial charge in [0, 0.05) is 14.2 Å². The van der Waals surface area contributed by atoms with Crippen molar-refractivity contribution < 1.29 is 67.7 Å². The Labute approximate surface area is 134 Å². The molecule has 0 fully saturated rings. The summed E-state index contributed by atoms with van der Waals surface area (Å²) in [5, 5.41) is 0. The quantitative estimate of drug-likeness (QED) is 0.348. The zero-order valence-electron chi connectivity index (χ0n) is 7.39. The van der Waals surface area contributed by atoms with E-state index in [1.54, 1.807) is 6.92 Å². The van der Waals surface area contributed by atoms with Crippen LogP contribution in [0.25, 0.3) is 0 Å². The summed E-state index contributed by atoms with van der Waals surface area (Å²) in [4.78, 5) is 10.8. The molecule has 0 spiro atoms. The van der Waals surface area contributed by atoms with Crippen LogP contribution in [0.3, 0.4) is 0 Å². The first-order valence-electron chi connectivity index (χ1n) is 3.25. The predicted octanol–water partition coefficient (Wildman–Crippen LogP) is -1.44. The molecule has 0 saturated heterocycles. The van der Waals surface area contributed by atoms with Gasteiger partial charge in [-0.1, -0.05) is 21.8 Å². The number of ether oxygens (including phenoxy) is 1. The Morgan fingerprint density at radius 3 is 2.31 bits per heavy atom. The van der Waals surface area contributed by atoms with Crippen LogP contribution in [0.5, 0.6) is 0 Å². The fourth-order valence-electron chi connectivity index (χ4n) is 0.391. The van der Waals surface area contributed by atoms with Crippen molar-refractivity contribution in [2.45, 2.75) is 35.1 Å². The Hall–Kier alpha value is 1.28. The van der Waals surface area contributed by atoms with Gasteiger partial charge in [0.05, 0.1) is 0 Å². The van der Waals surface area contributed by atoms with E-state index >= 15 is 0 Å². The van der Waals surface area contributed by atoms with Crippen LogP contribution in [0.15, 0.2) is 0 Å². The van der Waals surface area contributed by atoms with Gasteiger partial charge in [0.1, 0.15) is 7.17 Å². The van der Waals surface area contributed by atoms with Crippen LogP contribution >= 0.6 is 0 Å². The van der Waals surface area contributed by atoms with Gasteiger partial charge in [-0.15, -0.1) is 0 Å². The molecule has 2 nitrogen and oxygen atoms in total. The average Bonchev–Trinajstić information content (AvgIpc) is 1.98. The van der Waals surface area contributed by atoms with E-state index < -0.39 is 0 Å². The van der Waals surface area contributed by atoms with E-state index in [1.165, 1.54) is 7.17 Å². The van der Waals surface area contributed by atoms with E-state index in [0.717, 1.165) is 12.3 Å². The normalized spacial score (nSPS) is 6.62. The molecule has 0 heterocycles. The SMILES string of the molecule is C.C.[B][B]COC(=O)[C-](C)CC.[Rb+]. The number of hydrogen-bond acceptors (Lipinski definition) is 2. The largest absolute Gasteiger partial charge is 1.00 e. The first kappa shape index (κ1) is 23.8. The summed E-state index contributed by atoms with van der Waals surface area (Å²) in [6.45, 7) is 3.85. The molecule has 0 rings (SSSR count). The van der Waals surface area contributed by atoms with E-state index in [9.17, 15) is 4.79 Å². The molecule has 0 N–H and O–H groups in total. The third-order valence-electron chi connectivity index (χ3n) is 1.19. The van der Waals surface area contributed by atoms with Crippen molar-refractivity contribution in [1.29, 1.82) is 0 Å². The minimum absolute atomic E-state index is 0. The number of hydrogen-bond donors (Lipinski definition) is 0. The maximum atomic E-state index is 10.8. The van der Waals surface area contributed by atoms with Gasteiger partial charge in [0.15, 0.2) is 5.97 Å². The number of esters is 1. The minimum atomic E-state index is -0.260. The van der Waals surface area contributed by atoms with Crippen molar-refractivity contribution >= 4 is 20.9 Å². The second-order valence-electron chi connectivity index (χ2n) is 1.97. The van der Waals surface area contributed by atoms with Crippen LogP contribution in [0.1, 0.15) is 35.1 Å². The summed E-state index contributed by atoms with van der Waals surface area (Å²) in [7, 11) is 6.31. The van der Waals surface area contributed by atoms with Gasteiger partial charge in [-0.25, -0.2) is 0 Å². The first-order valence-corrected chi connectivity index (χ1v) is 3.25. The molecule has 0 aromatic rings. The van der Waals surface area contributed by atoms with Gasteiger partial charge in [0.25, 0.3) is 0 Å². The molecule has 0 aliphatic heterocycles. The van der Waals surface area contributed by atoms with Gasteiger partial charge in [-0.05, 0) is 0 Å². The summed E-state index contributed by atoms with van der Waals surface area (Å²) in [5.41, 5.74) is 0. The van der Waals surface area contributed by atoms with Gasteiger partial charge in [-0.2, -0.15) is 13.3 Å². The van der Waals surface area contributed by atoms with Crippen molar-refractivity contribution in [3.63, 3.8) is 0 Å². The predicted molar refractivity (Wildman–Crippen MR) is 55.1 cm³/mol. The Balaban J connectivity index is -0.000000135. The molecule has 13 heavy (non-hydrogen) atoms. The van der Waals surface area contributed by atoms with Crippen molar-refractivity contribution in [2.24, 2.45) is 0 Å². The molecule has 0 amide bonds. The van der Waals surface area contributed by atoms with Gasteiger partial charge in [-0.3, -0.25) is 10.7 Å². The number of carbonyl (C=O) groups excluding carboxylic acids is 1. The molecule has 0 atom stereocenters. The summed E-state index contributed by atoms with van der Waals surface area (Å²) in [6, 6.07) is 0. The summed E-state index contributed by atoms with van der Waals surface area (Å²) < 4.78 is 4.69. The van der Waals surface area contributed by atoms with Crippen LogP contribution in [-0.4, -0.2) is 27.4 Å². The smallest absolute Gasteiger partial charge is 0.498 e. The Morgan fingerprint density at radius 1 is 1.54 bits per heavy atom. The zero-order valence-corrected chi connectivity index (χ0v) is 12.3. The third kappa shape index (κ3) is 13.3. The molecule has 0 aromatic heterocycles. The zero-order chi connectivity index (χ0) is 7.98. The molecule has 0 bridgehead atoms. The van der Waals surface area contributed by atoms with Crippen LogP contribution < -0.4 is 58.2 Å². The van der Waals surface area contributed by atoms with Crippen LogP contribution in [0.4, 0.5) is 0 Å². The van der Waals surface area contributed by atoms with Crippen LogP contribution in [0, 0.1) is 5.92 Å². The molecule has 0 aromatic carbocycles. The van der Waals surface area contributed by atoms with Crippen LogP contribution in [0.2, 0.25) is 0 Å². The van der Waals surface area contributed by atoms with Gasteiger partial charge < -0.3 is 4.74 Å². The fraction of sp³-hybridized carbons (Fsp3) is 0.750. The fourth-order valence-corrected chi connectivity index (χ4v) is 0.391. The molecular weight excluding hydrogens is 235 g/mol. The Kier molecular flexibility index (Phi) is 28.8. The number of carbonyl (C=O) groups is 1. The van der Waals surface area contributed by atoms with Crippen molar-refractivity contribution in [1.82, 2.24) is 0 Å². The van der Waals surface area contributed by atoms with Crippen molar-refractivity contribution in [2.75, 3.05) is 6.51 Å². The molecule has 5 heteroatoms. The van der Waals surface area contributed by atoms with E-state index in [1.807, 2.05) is 6.92 Å². The molecular formula is C8H18B2O2Rb. The van der Waals surface area contributed by atoms with E-state index in [2.05, 4.69) is 4.74 Å².